The van der Waals surface area contributed by atoms with Crippen molar-refractivity contribution in [3.8, 4) is 0 Å². The van der Waals surface area contributed by atoms with Crippen molar-refractivity contribution in [1.82, 2.24) is 8.61 Å². The van der Waals surface area contributed by atoms with Gasteiger partial charge in [-0.15, -0.1) is 0 Å². The minimum Gasteiger partial charge on any atom is -0.481 e. The molecule has 0 saturated carbocycles. The van der Waals surface area contributed by atoms with E-state index in [9.17, 15) is 13.2 Å². The van der Waals surface area contributed by atoms with Gasteiger partial charge in [-0.25, -0.2) is 0 Å². The predicted octanol–water partition coefficient (Wildman–Crippen LogP) is 1.01. The highest BCUT2D eigenvalue weighted by atomic mass is 32.2. The van der Waals surface area contributed by atoms with E-state index >= 15 is 0 Å². The Labute approximate surface area is 120 Å². The Bertz CT molecular complexity index is 455. The summed E-state index contributed by atoms with van der Waals surface area (Å²) in [6.07, 6.45) is 2.23. The number of rotatable bonds is 3. The maximum Gasteiger partial charge on any atom is 0.307 e. The molecule has 2 heterocycles. The van der Waals surface area contributed by atoms with Gasteiger partial charge in [-0.05, 0) is 31.1 Å². The standard InChI is InChI=1S/C13H24N2O4S/c1-10-6-11(2)8-15(7-10)20(18,19)14-5-3-4-12(9-14)13(16)17/h10-12H,3-9H2,1-2H3,(H,16,17)/t10-,11-,12+/m0/s1. The Kier molecular flexibility index (Phi) is 4.71. The molecule has 0 amide bonds. The summed E-state index contributed by atoms with van der Waals surface area (Å²) in [4.78, 5) is 11.1. The molecule has 0 aromatic rings. The molecular formula is C13H24N2O4S. The third-order valence-corrected chi connectivity index (χ3v) is 6.16. The molecule has 0 aliphatic carbocycles. The number of carboxylic acids is 1. The Morgan fingerprint density at radius 2 is 1.70 bits per heavy atom. The first-order valence-corrected chi connectivity index (χ1v) is 8.68. The predicted molar refractivity (Wildman–Crippen MR) is 75.4 cm³/mol. The monoisotopic (exact) mass is 304 g/mol. The van der Waals surface area contributed by atoms with E-state index in [1.807, 2.05) is 0 Å². The van der Waals surface area contributed by atoms with Gasteiger partial charge in [0.05, 0.1) is 5.92 Å². The van der Waals surface area contributed by atoms with E-state index in [4.69, 9.17) is 5.11 Å². The Hall–Kier alpha value is -0.660. The van der Waals surface area contributed by atoms with Crippen molar-refractivity contribution in [3.63, 3.8) is 0 Å². The largest absolute Gasteiger partial charge is 0.481 e. The van der Waals surface area contributed by atoms with Gasteiger partial charge in [0.2, 0.25) is 0 Å². The Morgan fingerprint density at radius 3 is 2.25 bits per heavy atom. The zero-order valence-corrected chi connectivity index (χ0v) is 13.0. The van der Waals surface area contributed by atoms with Crippen LogP contribution >= 0.6 is 0 Å². The molecule has 6 nitrogen and oxygen atoms in total. The smallest absolute Gasteiger partial charge is 0.307 e. The van der Waals surface area contributed by atoms with E-state index in [1.165, 1.54) is 8.61 Å². The molecular weight excluding hydrogens is 280 g/mol. The van der Waals surface area contributed by atoms with Crippen LogP contribution in [0.15, 0.2) is 0 Å². The van der Waals surface area contributed by atoms with E-state index in [2.05, 4.69) is 13.8 Å². The van der Waals surface area contributed by atoms with Crippen molar-refractivity contribution in [1.29, 1.82) is 0 Å². The van der Waals surface area contributed by atoms with Gasteiger partial charge in [-0.3, -0.25) is 4.79 Å². The highest BCUT2D eigenvalue weighted by molar-refractivity contribution is 7.86. The fraction of sp³-hybridized carbons (Fsp3) is 0.923. The molecule has 7 heteroatoms. The summed E-state index contributed by atoms with van der Waals surface area (Å²) in [5, 5.41) is 9.08. The van der Waals surface area contributed by atoms with Gasteiger partial charge < -0.3 is 5.11 Å². The Balaban J connectivity index is 2.11. The summed E-state index contributed by atoms with van der Waals surface area (Å²) in [6, 6.07) is 0. The van der Waals surface area contributed by atoms with E-state index in [0.717, 1.165) is 6.42 Å². The summed E-state index contributed by atoms with van der Waals surface area (Å²) < 4.78 is 28.2. The third kappa shape index (κ3) is 3.32. The molecule has 2 fully saturated rings. The minimum atomic E-state index is -3.51. The molecule has 0 aromatic heterocycles. The lowest BCUT2D eigenvalue weighted by atomic mass is 9.94. The highest BCUT2D eigenvalue weighted by Gasteiger charge is 2.38. The van der Waals surface area contributed by atoms with Crippen LogP contribution in [0.3, 0.4) is 0 Å². The van der Waals surface area contributed by atoms with Gasteiger partial charge in [-0.1, -0.05) is 13.8 Å². The van der Waals surface area contributed by atoms with Crippen molar-refractivity contribution in [3.05, 3.63) is 0 Å². The fourth-order valence-corrected chi connectivity index (χ4v) is 5.25. The van der Waals surface area contributed by atoms with Crippen LogP contribution in [0.1, 0.15) is 33.1 Å². The van der Waals surface area contributed by atoms with Gasteiger partial charge in [0, 0.05) is 26.2 Å². The molecule has 0 spiro atoms. The van der Waals surface area contributed by atoms with Crippen molar-refractivity contribution >= 4 is 16.2 Å². The van der Waals surface area contributed by atoms with E-state index < -0.39 is 22.1 Å². The minimum absolute atomic E-state index is 0.108. The zero-order chi connectivity index (χ0) is 14.9. The molecule has 2 aliphatic heterocycles. The molecule has 1 N–H and O–H groups in total. The van der Waals surface area contributed by atoms with Gasteiger partial charge in [-0.2, -0.15) is 17.0 Å². The van der Waals surface area contributed by atoms with E-state index in [-0.39, 0.29) is 6.54 Å². The van der Waals surface area contributed by atoms with Gasteiger partial charge in [0.25, 0.3) is 10.2 Å². The normalized spacial score (nSPS) is 34.0. The lowest BCUT2D eigenvalue weighted by molar-refractivity contribution is -0.142. The topological polar surface area (TPSA) is 77.9 Å². The Morgan fingerprint density at radius 1 is 1.10 bits per heavy atom. The third-order valence-electron chi connectivity index (χ3n) is 4.22. The first kappa shape index (κ1) is 15.7. The quantitative estimate of drug-likeness (QED) is 0.844. The van der Waals surface area contributed by atoms with Gasteiger partial charge in [0.15, 0.2) is 0 Å². The second kappa shape index (κ2) is 5.99. The summed E-state index contributed by atoms with van der Waals surface area (Å²) in [5.41, 5.74) is 0. The van der Waals surface area contributed by atoms with Crippen LogP contribution in [0.2, 0.25) is 0 Å². The SMILES string of the molecule is C[C@H]1C[C@H](C)CN(S(=O)(=O)N2CCC[C@@H](C(=O)O)C2)C1. The molecule has 0 radical (unpaired) electrons. The van der Waals surface area contributed by atoms with Crippen LogP contribution < -0.4 is 0 Å². The van der Waals surface area contributed by atoms with Crippen LogP contribution in [0.5, 0.6) is 0 Å². The summed E-state index contributed by atoms with van der Waals surface area (Å²) >= 11 is 0. The summed E-state index contributed by atoms with van der Waals surface area (Å²) in [5.74, 6) is -0.759. The molecule has 2 aliphatic rings. The van der Waals surface area contributed by atoms with Crippen molar-refractivity contribution < 1.29 is 18.3 Å². The molecule has 116 valence electrons. The molecule has 2 rings (SSSR count). The number of piperidine rings is 2. The van der Waals surface area contributed by atoms with Gasteiger partial charge in [0.1, 0.15) is 0 Å². The first-order valence-electron chi connectivity index (χ1n) is 7.28. The first-order chi connectivity index (χ1) is 9.30. The van der Waals surface area contributed by atoms with Crippen LogP contribution in [-0.4, -0.2) is 54.3 Å². The van der Waals surface area contributed by atoms with E-state index in [1.54, 1.807) is 0 Å². The van der Waals surface area contributed by atoms with Gasteiger partial charge >= 0.3 is 5.97 Å². The number of hydrogen-bond donors (Lipinski definition) is 1. The summed E-state index contributed by atoms with van der Waals surface area (Å²) in [7, 11) is -3.51. The van der Waals surface area contributed by atoms with Crippen molar-refractivity contribution in [2.24, 2.45) is 17.8 Å². The summed E-state index contributed by atoms with van der Waals surface area (Å²) in [6.45, 7) is 5.76. The highest BCUT2D eigenvalue weighted by Crippen LogP contribution is 2.27. The molecule has 2 saturated heterocycles. The average Bonchev–Trinajstić information content (AvgIpc) is 2.37. The molecule has 0 aromatic carbocycles. The molecule has 0 bridgehead atoms. The second-order valence-corrected chi connectivity index (χ2v) is 8.23. The maximum absolute atomic E-state index is 12.7. The lowest BCUT2D eigenvalue weighted by Gasteiger charge is -2.39. The lowest BCUT2D eigenvalue weighted by Crippen LogP contribution is -2.52. The van der Waals surface area contributed by atoms with Crippen LogP contribution in [0, 0.1) is 17.8 Å². The molecule has 20 heavy (non-hydrogen) atoms. The number of carbonyl (C=O) groups is 1. The zero-order valence-electron chi connectivity index (χ0n) is 12.2. The van der Waals surface area contributed by atoms with E-state index in [0.29, 0.717) is 44.3 Å². The maximum atomic E-state index is 12.7. The number of nitrogens with zero attached hydrogens (tertiary/aromatic N) is 2. The van der Waals surface area contributed by atoms with Crippen molar-refractivity contribution in [2.75, 3.05) is 26.2 Å². The van der Waals surface area contributed by atoms with Crippen LogP contribution in [0.4, 0.5) is 0 Å². The average molecular weight is 304 g/mol. The van der Waals surface area contributed by atoms with Crippen LogP contribution in [0.25, 0.3) is 0 Å². The van der Waals surface area contributed by atoms with Crippen molar-refractivity contribution in [2.45, 2.75) is 33.1 Å². The molecule has 3 atom stereocenters. The number of aliphatic carboxylic acids is 1. The van der Waals surface area contributed by atoms with Crippen LogP contribution in [-0.2, 0) is 15.0 Å². The fourth-order valence-electron chi connectivity index (χ4n) is 3.31. The number of carboxylic acid groups (broad SMARTS) is 1. The molecule has 0 unspecified atom stereocenters. The second-order valence-electron chi connectivity index (χ2n) is 6.31. The number of hydrogen-bond acceptors (Lipinski definition) is 3.